The fraction of sp³-hybridized carbons (Fsp3) is 0.675. The second-order valence-electron chi connectivity index (χ2n) is 22.7. The van der Waals surface area contributed by atoms with Crippen LogP contribution in [0.15, 0.2) is 134 Å². The molecule has 0 aliphatic carbocycles. The van der Waals surface area contributed by atoms with Crippen molar-refractivity contribution in [3.05, 3.63) is 134 Å². The largest absolute Gasteiger partial charge is 0.462 e. The van der Waals surface area contributed by atoms with Gasteiger partial charge in [0.15, 0.2) is 6.10 Å². The number of hydrogen-bond donors (Lipinski definition) is 0. The van der Waals surface area contributed by atoms with Gasteiger partial charge in [0.2, 0.25) is 0 Å². The maximum Gasteiger partial charge on any atom is 0.306 e. The minimum Gasteiger partial charge on any atom is -0.462 e. The fourth-order valence-electron chi connectivity index (χ4n) is 9.53. The van der Waals surface area contributed by atoms with Crippen LogP contribution >= 0.6 is 0 Å². The molecule has 6 nitrogen and oxygen atoms in total. The Morgan fingerprint density at radius 2 is 0.470 bits per heavy atom. The van der Waals surface area contributed by atoms with Gasteiger partial charge in [0.1, 0.15) is 13.2 Å². The number of carbonyl (C=O) groups is 3. The minimum absolute atomic E-state index is 0.0896. The summed E-state index contributed by atoms with van der Waals surface area (Å²) in [6, 6.07) is 0. The first-order valence-corrected chi connectivity index (χ1v) is 34.7. The third kappa shape index (κ3) is 68.2. The van der Waals surface area contributed by atoms with E-state index in [1.54, 1.807) is 0 Å². The zero-order chi connectivity index (χ0) is 59.9. The van der Waals surface area contributed by atoms with Crippen LogP contribution < -0.4 is 0 Å². The summed E-state index contributed by atoms with van der Waals surface area (Å²) in [6.45, 7) is 6.42. The first-order chi connectivity index (χ1) is 41.0. The van der Waals surface area contributed by atoms with Crippen LogP contribution in [-0.2, 0) is 28.6 Å². The highest BCUT2D eigenvalue weighted by molar-refractivity contribution is 5.71. The lowest BCUT2D eigenvalue weighted by atomic mass is 10.0. The molecular weight excluding hydrogens is 1020 g/mol. The SMILES string of the molecule is CC/C=C\C/C=C\C/C=C\C/C=C\C/C=C\C/C=C\CCCCCCC(=O)OC(COC(=O)CCCCCCCCCCCCC/C=C\C/C=C\C/C=C\C/C=C\C/C=C\CC)COC(=O)CCCCCCCCCCCCCCCCC. The summed E-state index contributed by atoms with van der Waals surface area (Å²) in [4.78, 5) is 38.5. The molecule has 0 heterocycles. The molecule has 472 valence electrons. The summed E-state index contributed by atoms with van der Waals surface area (Å²) in [5.41, 5.74) is 0. The van der Waals surface area contributed by atoms with Gasteiger partial charge in [0.25, 0.3) is 0 Å². The van der Waals surface area contributed by atoms with Gasteiger partial charge in [-0.25, -0.2) is 0 Å². The molecule has 6 heteroatoms. The van der Waals surface area contributed by atoms with E-state index in [1.165, 1.54) is 135 Å². The molecule has 0 radical (unpaired) electrons. The Bertz CT molecular complexity index is 1750. The highest BCUT2D eigenvalue weighted by atomic mass is 16.6. The number of rotatable bonds is 62. The van der Waals surface area contributed by atoms with Crippen molar-refractivity contribution in [1.29, 1.82) is 0 Å². The van der Waals surface area contributed by atoms with Gasteiger partial charge in [0, 0.05) is 19.3 Å². The van der Waals surface area contributed by atoms with Crippen LogP contribution in [0.25, 0.3) is 0 Å². The van der Waals surface area contributed by atoms with E-state index in [1.807, 2.05) is 0 Å². The van der Waals surface area contributed by atoms with Crippen molar-refractivity contribution in [1.82, 2.24) is 0 Å². The average molecular weight is 1150 g/mol. The third-order valence-corrected chi connectivity index (χ3v) is 14.7. The van der Waals surface area contributed by atoms with Crippen molar-refractivity contribution in [2.24, 2.45) is 0 Å². The van der Waals surface area contributed by atoms with Gasteiger partial charge in [-0.15, -0.1) is 0 Å². The summed E-state index contributed by atoms with van der Waals surface area (Å²) >= 11 is 0. The van der Waals surface area contributed by atoms with Crippen LogP contribution in [0.1, 0.15) is 316 Å². The fourth-order valence-corrected chi connectivity index (χ4v) is 9.53. The van der Waals surface area contributed by atoms with Crippen LogP contribution in [0, 0.1) is 0 Å². The van der Waals surface area contributed by atoms with Gasteiger partial charge in [-0.05, 0) is 116 Å². The number of ether oxygens (including phenoxy) is 3. The molecular formula is C77H128O6. The number of unbranched alkanes of at least 4 members (excludes halogenated alkanes) is 29. The lowest BCUT2D eigenvalue weighted by molar-refractivity contribution is -0.167. The number of allylic oxidation sites excluding steroid dienone is 22. The molecule has 0 fully saturated rings. The Labute approximate surface area is 513 Å². The molecule has 0 bridgehead atoms. The van der Waals surface area contributed by atoms with Crippen molar-refractivity contribution >= 4 is 17.9 Å². The molecule has 0 aromatic heterocycles. The van der Waals surface area contributed by atoms with Crippen molar-refractivity contribution < 1.29 is 28.6 Å². The summed E-state index contributed by atoms with van der Waals surface area (Å²) in [6.07, 6.45) is 98.9. The number of esters is 3. The summed E-state index contributed by atoms with van der Waals surface area (Å²) in [7, 11) is 0. The average Bonchev–Trinajstić information content (AvgIpc) is 3.50. The lowest BCUT2D eigenvalue weighted by Gasteiger charge is -2.18. The zero-order valence-corrected chi connectivity index (χ0v) is 54.2. The van der Waals surface area contributed by atoms with Crippen molar-refractivity contribution in [2.75, 3.05) is 13.2 Å². The summed E-state index contributed by atoms with van der Waals surface area (Å²) in [5.74, 6) is -0.908. The predicted molar refractivity (Wildman–Crippen MR) is 362 cm³/mol. The molecule has 0 saturated heterocycles. The zero-order valence-electron chi connectivity index (χ0n) is 54.2. The standard InChI is InChI=1S/C77H128O6/c1-4-7-10-13-16-19-22-25-28-30-32-34-36-37-38-39-41-42-44-46-49-52-55-58-61-64-67-70-76(79)82-73-74(72-81-75(78)69-66-63-60-57-54-51-48-27-24-21-18-15-12-9-6-3)83-77(80)71-68-65-62-59-56-53-50-47-45-43-40-35-33-31-29-26-23-20-17-14-11-8-5-2/h7-8,10-11,16-17,19-20,25-26,28-29,32-35,37-38,43,45,50,53,74H,4-6,9,12-15,18,21-24,27,30-31,36,39-42,44,46-49,51-52,54-73H2,1-3H3/b10-7-,11-8-,19-16-,20-17-,28-25-,29-26-,34-32-,35-33-,38-37-,45-43-,53-50-. The molecule has 0 aromatic rings. The summed E-state index contributed by atoms with van der Waals surface area (Å²) < 4.78 is 17.0. The van der Waals surface area contributed by atoms with E-state index in [0.29, 0.717) is 19.3 Å². The van der Waals surface area contributed by atoms with Crippen molar-refractivity contribution in [3.63, 3.8) is 0 Å². The molecule has 0 spiro atoms. The van der Waals surface area contributed by atoms with Crippen LogP contribution in [0.4, 0.5) is 0 Å². The van der Waals surface area contributed by atoms with E-state index in [2.05, 4.69) is 154 Å². The van der Waals surface area contributed by atoms with Crippen LogP contribution in [-0.4, -0.2) is 37.2 Å². The van der Waals surface area contributed by atoms with Gasteiger partial charge in [-0.1, -0.05) is 315 Å². The predicted octanol–water partition coefficient (Wildman–Crippen LogP) is 24.1. The summed E-state index contributed by atoms with van der Waals surface area (Å²) in [5, 5.41) is 0. The van der Waals surface area contributed by atoms with Crippen LogP contribution in [0.3, 0.4) is 0 Å². The van der Waals surface area contributed by atoms with E-state index in [9.17, 15) is 14.4 Å². The molecule has 0 rings (SSSR count). The van der Waals surface area contributed by atoms with Gasteiger partial charge in [-0.3, -0.25) is 14.4 Å². The van der Waals surface area contributed by atoms with Crippen molar-refractivity contribution in [3.8, 4) is 0 Å². The van der Waals surface area contributed by atoms with Gasteiger partial charge in [0.05, 0.1) is 0 Å². The minimum atomic E-state index is -0.798. The first kappa shape index (κ1) is 78.5. The molecule has 0 saturated carbocycles. The quantitative estimate of drug-likeness (QED) is 0.0261. The van der Waals surface area contributed by atoms with E-state index in [4.69, 9.17) is 14.2 Å². The number of carbonyl (C=O) groups excluding carboxylic acids is 3. The Kier molecular flexibility index (Phi) is 66.3. The highest BCUT2D eigenvalue weighted by Gasteiger charge is 2.19. The monoisotopic (exact) mass is 1150 g/mol. The molecule has 1 atom stereocenters. The molecule has 0 aromatic carbocycles. The molecule has 0 aliphatic heterocycles. The normalized spacial score (nSPS) is 13.0. The van der Waals surface area contributed by atoms with Crippen LogP contribution in [0.2, 0.25) is 0 Å². The topological polar surface area (TPSA) is 78.9 Å². The maximum atomic E-state index is 13.0. The van der Waals surface area contributed by atoms with E-state index in [-0.39, 0.29) is 31.1 Å². The van der Waals surface area contributed by atoms with Crippen LogP contribution in [0.5, 0.6) is 0 Å². The van der Waals surface area contributed by atoms with Crippen molar-refractivity contribution in [2.45, 2.75) is 322 Å². The Balaban J connectivity index is 4.40. The Morgan fingerprint density at radius 1 is 0.253 bits per heavy atom. The molecule has 0 aliphatic rings. The van der Waals surface area contributed by atoms with Gasteiger partial charge >= 0.3 is 17.9 Å². The lowest BCUT2D eigenvalue weighted by Crippen LogP contribution is -2.30. The molecule has 0 amide bonds. The highest BCUT2D eigenvalue weighted by Crippen LogP contribution is 2.17. The van der Waals surface area contributed by atoms with E-state index >= 15 is 0 Å². The smallest absolute Gasteiger partial charge is 0.306 e. The van der Waals surface area contributed by atoms with E-state index < -0.39 is 6.10 Å². The number of hydrogen-bond acceptors (Lipinski definition) is 6. The third-order valence-electron chi connectivity index (χ3n) is 14.7. The second kappa shape index (κ2) is 70.0. The Morgan fingerprint density at radius 3 is 0.735 bits per heavy atom. The molecule has 0 N–H and O–H groups in total. The maximum absolute atomic E-state index is 13.0. The van der Waals surface area contributed by atoms with E-state index in [0.717, 1.165) is 141 Å². The van der Waals surface area contributed by atoms with Gasteiger partial charge in [-0.2, -0.15) is 0 Å². The molecule has 1 unspecified atom stereocenters. The second-order valence-corrected chi connectivity index (χ2v) is 22.7. The Hall–Kier alpha value is -4.45. The molecule has 83 heavy (non-hydrogen) atoms. The van der Waals surface area contributed by atoms with Gasteiger partial charge < -0.3 is 14.2 Å². The first-order valence-electron chi connectivity index (χ1n) is 34.7.